The molecule has 27 heavy (non-hydrogen) atoms. The maximum atomic E-state index is 13.6. The van der Waals surface area contributed by atoms with Crippen LogP contribution in [-0.2, 0) is 26.0 Å². The minimum atomic E-state index is -3.66. The average molecular weight is 394 g/mol. The second-order valence-corrected chi connectivity index (χ2v) is 7.86. The molecule has 0 aliphatic carbocycles. The first-order chi connectivity index (χ1) is 12.8. The quantitative estimate of drug-likeness (QED) is 0.685. The van der Waals surface area contributed by atoms with Gasteiger partial charge in [-0.2, -0.15) is 0 Å². The fourth-order valence-electron chi connectivity index (χ4n) is 2.51. The molecule has 2 aromatic carbocycles. The lowest BCUT2D eigenvalue weighted by atomic mass is 10.1. The summed E-state index contributed by atoms with van der Waals surface area (Å²) in [6, 6.07) is 11.8. The Bertz CT molecular complexity index is 870. The van der Waals surface area contributed by atoms with Crippen LogP contribution in [-0.4, -0.2) is 34.1 Å². The van der Waals surface area contributed by atoms with Crippen LogP contribution in [0.5, 0.6) is 0 Å². The number of carbonyl (C=O) groups is 1. The number of halogens is 1. The van der Waals surface area contributed by atoms with Gasteiger partial charge in [0.1, 0.15) is 5.82 Å². The number of benzene rings is 2. The third kappa shape index (κ3) is 6.42. The summed E-state index contributed by atoms with van der Waals surface area (Å²) in [5.41, 5.74) is 0.947. The van der Waals surface area contributed by atoms with Gasteiger partial charge in [0.15, 0.2) is 0 Å². The van der Waals surface area contributed by atoms with Gasteiger partial charge in [-0.3, -0.25) is 4.79 Å². The van der Waals surface area contributed by atoms with Gasteiger partial charge in [0, 0.05) is 25.3 Å². The van der Waals surface area contributed by atoms with Crippen molar-refractivity contribution in [2.45, 2.75) is 30.7 Å². The van der Waals surface area contributed by atoms with Crippen LogP contribution in [0.4, 0.5) is 10.1 Å². The Balaban J connectivity index is 1.93. The van der Waals surface area contributed by atoms with Crippen LogP contribution in [0.2, 0.25) is 0 Å². The van der Waals surface area contributed by atoms with Crippen molar-refractivity contribution in [2.75, 3.05) is 19.0 Å². The summed E-state index contributed by atoms with van der Waals surface area (Å²) < 4.78 is 45.5. The standard InChI is InChI=1S/C19H23FN2O4S/c1-14(13-26-2)22-27(24,25)17-10-8-16(9-11-17)21-19(23)12-7-15-5-3-4-6-18(15)20/h3-6,8-11,14,22H,7,12-13H2,1-2H3,(H,21,23). The number of ether oxygens (including phenoxy) is 1. The van der Waals surface area contributed by atoms with Crippen molar-refractivity contribution in [1.29, 1.82) is 0 Å². The van der Waals surface area contributed by atoms with E-state index in [9.17, 15) is 17.6 Å². The lowest BCUT2D eigenvalue weighted by Crippen LogP contribution is -2.35. The second kappa shape index (κ2) is 9.59. The number of hydrogen-bond acceptors (Lipinski definition) is 4. The van der Waals surface area contributed by atoms with Gasteiger partial charge in [0.25, 0.3) is 0 Å². The van der Waals surface area contributed by atoms with Crippen LogP contribution in [0.1, 0.15) is 18.9 Å². The van der Waals surface area contributed by atoms with Crippen LogP contribution in [0.25, 0.3) is 0 Å². The summed E-state index contributed by atoms with van der Waals surface area (Å²) in [5.74, 6) is -0.615. The highest BCUT2D eigenvalue weighted by Crippen LogP contribution is 2.15. The predicted molar refractivity (Wildman–Crippen MR) is 101 cm³/mol. The van der Waals surface area contributed by atoms with Gasteiger partial charge < -0.3 is 10.1 Å². The zero-order valence-corrected chi connectivity index (χ0v) is 16.1. The van der Waals surface area contributed by atoms with Crippen LogP contribution >= 0.6 is 0 Å². The van der Waals surface area contributed by atoms with Gasteiger partial charge in [0.2, 0.25) is 15.9 Å². The predicted octanol–water partition coefficient (Wildman–Crippen LogP) is 2.71. The van der Waals surface area contributed by atoms with E-state index in [4.69, 9.17) is 4.74 Å². The first kappa shape index (κ1) is 21.0. The van der Waals surface area contributed by atoms with E-state index in [1.807, 2.05) is 0 Å². The molecule has 2 N–H and O–H groups in total. The summed E-state index contributed by atoms with van der Waals surface area (Å²) in [6.45, 7) is 1.96. The highest BCUT2D eigenvalue weighted by atomic mass is 32.2. The largest absolute Gasteiger partial charge is 0.383 e. The molecule has 0 heterocycles. The minimum Gasteiger partial charge on any atom is -0.383 e. The summed E-state index contributed by atoms with van der Waals surface area (Å²) >= 11 is 0. The molecule has 2 rings (SSSR count). The van der Waals surface area contributed by atoms with Gasteiger partial charge in [-0.1, -0.05) is 18.2 Å². The monoisotopic (exact) mass is 394 g/mol. The van der Waals surface area contributed by atoms with E-state index in [1.54, 1.807) is 25.1 Å². The maximum absolute atomic E-state index is 13.6. The zero-order valence-electron chi connectivity index (χ0n) is 15.2. The van der Waals surface area contributed by atoms with Crippen molar-refractivity contribution in [3.05, 3.63) is 59.9 Å². The van der Waals surface area contributed by atoms with Gasteiger partial charge >= 0.3 is 0 Å². The zero-order chi connectivity index (χ0) is 19.9. The Labute approximate surface area is 158 Å². The number of hydrogen-bond donors (Lipinski definition) is 2. The Morgan fingerprint density at radius 1 is 1.15 bits per heavy atom. The molecule has 0 aromatic heterocycles. The lowest BCUT2D eigenvalue weighted by Gasteiger charge is -2.13. The van der Waals surface area contributed by atoms with Crippen molar-refractivity contribution in [1.82, 2.24) is 4.72 Å². The smallest absolute Gasteiger partial charge is 0.240 e. The Hall–Kier alpha value is -2.29. The number of rotatable bonds is 9. The van der Waals surface area contributed by atoms with E-state index in [1.165, 1.54) is 37.4 Å². The summed E-state index contributed by atoms with van der Waals surface area (Å²) in [4.78, 5) is 12.1. The average Bonchev–Trinajstić information content (AvgIpc) is 2.61. The van der Waals surface area contributed by atoms with Crippen LogP contribution in [0.15, 0.2) is 53.4 Å². The number of amides is 1. The summed E-state index contributed by atoms with van der Waals surface area (Å²) in [7, 11) is -2.17. The van der Waals surface area contributed by atoms with Crippen LogP contribution in [0.3, 0.4) is 0 Å². The molecule has 8 heteroatoms. The van der Waals surface area contributed by atoms with E-state index >= 15 is 0 Å². The first-order valence-electron chi connectivity index (χ1n) is 8.46. The van der Waals surface area contributed by atoms with Gasteiger partial charge in [-0.05, 0) is 49.2 Å². The van der Waals surface area contributed by atoms with E-state index < -0.39 is 10.0 Å². The molecular formula is C19H23FN2O4S. The van der Waals surface area contributed by atoms with Crippen LogP contribution in [0, 0.1) is 5.82 Å². The molecule has 0 saturated carbocycles. The molecule has 146 valence electrons. The van der Waals surface area contributed by atoms with E-state index in [-0.39, 0.29) is 42.1 Å². The molecule has 1 unspecified atom stereocenters. The third-order valence-corrected chi connectivity index (χ3v) is 5.41. The molecule has 6 nitrogen and oxygen atoms in total. The number of carbonyl (C=O) groups excluding carboxylic acids is 1. The lowest BCUT2D eigenvalue weighted by molar-refractivity contribution is -0.116. The Morgan fingerprint density at radius 2 is 1.81 bits per heavy atom. The van der Waals surface area contributed by atoms with Crippen molar-refractivity contribution < 1.29 is 22.3 Å². The third-order valence-electron chi connectivity index (χ3n) is 3.80. The molecule has 1 atom stereocenters. The number of nitrogens with one attached hydrogen (secondary N) is 2. The SMILES string of the molecule is COCC(C)NS(=O)(=O)c1ccc(NC(=O)CCc2ccccc2F)cc1. The Morgan fingerprint density at radius 3 is 2.44 bits per heavy atom. The van der Waals surface area contributed by atoms with E-state index in [0.29, 0.717) is 11.3 Å². The molecule has 1 amide bonds. The van der Waals surface area contributed by atoms with Gasteiger partial charge in [0.05, 0.1) is 11.5 Å². The van der Waals surface area contributed by atoms with Crippen molar-refractivity contribution in [3.63, 3.8) is 0 Å². The topological polar surface area (TPSA) is 84.5 Å². The van der Waals surface area contributed by atoms with Crippen molar-refractivity contribution in [2.24, 2.45) is 0 Å². The molecule has 2 aromatic rings. The highest BCUT2D eigenvalue weighted by Gasteiger charge is 2.17. The molecular weight excluding hydrogens is 371 g/mol. The fraction of sp³-hybridized carbons (Fsp3) is 0.316. The summed E-state index contributed by atoms with van der Waals surface area (Å²) in [6.07, 6.45) is 0.406. The van der Waals surface area contributed by atoms with Crippen molar-refractivity contribution in [3.8, 4) is 0 Å². The van der Waals surface area contributed by atoms with Crippen molar-refractivity contribution >= 4 is 21.6 Å². The molecule has 0 radical (unpaired) electrons. The normalized spacial score (nSPS) is 12.6. The minimum absolute atomic E-state index is 0.0924. The van der Waals surface area contributed by atoms with Crippen LogP contribution < -0.4 is 10.0 Å². The molecule has 0 spiro atoms. The number of aryl methyl sites for hydroxylation is 1. The number of sulfonamides is 1. The number of methoxy groups -OCH3 is 1. The maximum Gasteiger partial charge on any atom is 0.240 e. The Kier molecular flexibility index (Phi) is 7.46. The molecule has 0 aliphatic rings. The highest BCUT2D eigenvalue weighted by molar-refractivity contribution is 7.89. The second-order valence-electron chi connectivity index (χ2n) is 6.14. The fourth-order valence-corrected chi connectivity index (χ4v) is 3.74. The molecule has 0 aliphatic heterocycles. The molecule has 0 saturated heterocycles. The van der Waals surface area contributed by atoms with Gasteiger partial charge in [-0.15, -0.1) is 0 Å². The molecule has 0 fully saturated rings. The van der Waals surface area contributed by atoms with Gasteiger partial charge in [-0.25, -0.2) is 17.5 Å². The first-order valence-corrected chi connectivity index (χ1v) is 9.94. The molecule has 0 bridgehead atoms. The summed E-state index contributed by atoms with van der Waals surface area (Å²) in [5, 5.41) is 2.67. The van der Waals surface area contributed by atoms with E-state index in [0.717, 1.165) is 0 Å². The number of anilines is 1. The van der Waals surface area contributed by atoms with E-state index in [2.05, 4.69) is 10.0 Å².